The molecule has 0 aromatic heterocycles. The van der Waals surface area contributed by atoms with Crippen LogP contribution in [-0.2, 0) is 11.3 Å². The van der Waals surface area contributed by atoms with Gasteiger partial charge in [0.05, 0.1) is 5.02 Å². The van der Waals surface area contributed by atoms with Crippen LogP contribution in [-0.4, -0.2) is 5.91 Å². The molecule has 0 radical (unpaired) electrons. The van der Waals surface area contributed by atoms with Gasteiger partial charge in [0.15, 0.2) is 0 Å². The number of carbonyl (C=O) groups excluding carboxylic acids is 1. The molecule has 2 rings (SSSR count). The summed E-state index contributed by atoms with van der Waals surface area (Å²) < 4.78 is 13.5. The van der Waals surface area contributed by atoms with E-state index in [1.165, 1.54) is 18.9 Å². The van der Waals surface area contributed by atoms with Crippen LogP contribution in [0.25, 0.3) is 0 Å². The molecule has 1 N–H and O–H groups in total. The van der Waals surface area contributed by atoms with E-state index in [0.717, 1.165) is 12.3 Å². The van der Waals surface area contributed by atoms with Gasteiger partial charge in [-0.2, -0.15) is 0 Å². The zero-order chi connectivity index (χ0) is 12.3. The molecule has 17 heavy (non-hydrogen) atoms. The van der Waals surface area contributed by atoms with Crippen LogP contribution < -0.4 is 5.32 Å². The summed E-state index contributed by atoms with van der Waals surface area (Å²) in [6, 6.07) is 4.80. The van der Waals surface area contributed by atoms with Gasteiger partial charge in [-0.25, -0.2) is 4.39 Å². The number of carbonyl (C=O) groups is 1. The van der Waals surface area contributed by atoms with Crippen LogP contribution in [0, 0.1) is 11.7 Å². The van der Waals surface area contributed by atoms with Crippen LogP contribution in [0.1, 0.15) is 31.2 Å². The van der Waals surface area contributed by atoms with E-state index in [1.807, 2.05) is 0 Å². The second-order valence-electron chi connectivity index (χ2n) is 4.47. The highest BCUT2D eigenvalue weighted by Crippen LogP contribution is 2.33. The van der Waals surface area contributed by atoms with Crippen molar-refractivity contribution < 1.29 is 9.18 Å². The van der Waals surface area contributed by atoms with Gasteiger partial charge in [0, 0.05) is 18.5 Å². The number of rotatable bonds is 5. The van der Waals surface area contributed by atoms with Crippen molar-refractivity contribution in [2.75, 3.05) is 0 Å². The summed E-state index contributed by atoms with van der Waals surface area (Å²) in [5, 5.41) is 2.80. The lowest BCUT2D eigenvalue weighted by atomic mass is 10.2. The molecular formula is C13H15ClFNO. The second kappa shape index (κ2) is 5.50. The molecule has 4 heteroatoms. The number of amides is 1. The Kier molecular flexibility index (Phi) is 4.00. The van der Waals surface area contributed by atoms with Crippen molar-refractivity contribution in [3.8, 4) is 0 Å². The summed E-state index contributed by atoms with van der Waals surface area (Å²) in [6.45, 7) is 0.204. The number of nitrogens with one attached hydrogen (secondary N) is 1. The molecule has 1 aliphatic rings. The molecule has 1 fully saturated rings. The molecule has 0 heterocycles. The van der Waals surface area contributed by atoms with E-state index >= 15 is 0 Å². The fourth-order valence-electron chi connectivity index (χ4n) is 1.71. The normalized spacial score (nSPS) is 14.7. The number of halogens is 2. The lowest BCUT2D eigenvalue weighted by molar-refractivity contribution is -0.121. The Bertz CT molecular complexity index is 418. The Balaban J connectivity index is 1.79. The van der Waals surface area contributed by atoms with Crippen LogP contribution in [0.3, 0.4) is 0 Å². The Morgan fingerprint density at radius 3 is 2.94 bits per heavy atom. The minimum Gasteiger partial charge on any atom is -0.352 e. The van der Waals surface area contributed by atoms with Gasteiger partial charge in [-0.15, -0.1) is 0 Å². The van der Waals surface area contributed by atoms with E-state index in [4.69, 9.17) is 11.6 Å². The van der Waals surface area contributed by atoms with E-state index < -0.39 is 5.82 Å². The maximum absolute atomic E-state index is 13.5. The Morgan fingerprint density at radius 1 is 1.47 bits per heavy atom. The smallest absolute Gasteiger partial charge is 0.220 e. The summed E-state index contributed by atoms with van der Waals surface area (Å²) in [6.07, 6.45) is 3.98. The molecule has 1 aliphatic carbocycles. The van der Waals surface area contributed by atoms with Gasteiger partial charge in [-0.1, -0.05) is 36.6 Å². The van der Waals surface area contributed by atoms with Crippen LogP contribution in [0.2, 0.25) is 5.02 Å². The van der Waals surface area contributed by atoms with Gasteiger partial charge < -0.3 is 5.32 Å². The lowest BCUT2D eigenvalue weighted by Gasteiger charge is -2.06. The van der Waals surface area contributed by atoms with E-state index in [0.29, 0.717) is 12.0 Å². The fourth-order valence-corrected chi connectivity index (χ4v) is 1.90. The van der Waals surface area contributed by atoms with Crippen molar-refractivity contribution in [2.24, 2.45) is 5.92 Å². The van der Waals surface area contributed by atoms with Crippen LogP contribution in [0.4, 0.5) is 4.39 Å². The lowest BCUT2D eigenvalue weighted by Crippen LogP contribution is -2.23. The summed E-state index contributed by atoms with van der Waals surface area (Å²) in [4.78, 5) is 11.5. The van der Waals surface area contributed by atoms with E-state index in [-0.39, 0.29) is 17.5 Å². The van der Waals surface area contributed by atoms with E-state index in [2.05, 4.69) is 5.32 Å². The molecule has 1 amide bonds. The maximum Gasteiger partial charge on any atom is 0.220 e. The van der Waals surface area contributed by atoms with Crippen molar-refractivity contribution in [3.05, 3.63) is 34.6 Å². The highest BCUT2D eigenvalue weighted by molar-refractivity contribution is 6.30. The third-order valence-electron chi connectivity index (χ3n) is 2.98. The zero-order valence-electron chi connectivity index (χ0n) is 9.51. The maximum atomic E-state index is 13.5. The minimum atomic E-state index is -0.448. The van der Waals surface area contributed by atoms with Crippen molar-refractivity contribution >= 4 is 17.5 Å². The first-order chi connectivity index (χ1) is 8.16. The average molecular weight is 256 g/mol. The second-order valence-corrected chi connectivity index (χ2v) is 4.88. The minimum absolute atomic E-state index is 0.0173. The van der Waals surface area contributed by atoms with Gasteiger partial charge in [-0.3, -0.25) is 4.79 Å². The molecule has 1 aromatic rings. The fraction of sp³-hybridized carbons (Fsp3) is 0.462. The first kappa shape index (κ1) is 12.4. The molecule has 0 bridgehead atoms. The van der Waals surface area contributed by atoms with E-state index in [9.17, 15) is 9.18 Å². The third-order valence-corrected chi connectivity index (χ3v) is 3.28. The topological polar surface area (TPSA) is 29.1 Å². The molecule has 2 nitrogen and oxygen atoms in total. The predicted octanol–water partition coefficient (Wildman–Crippen LogP) is 3.29. The number of benzene rings is 1. The Hall–Kier alpha value is -1.09. The summed E-state index contributed by atoms with van der Waals surface area (Å²) in [5.41, 5.74) is 0.428. The number of hydrogen-bond donors (Lipinski definition) is 1. The first-order valence-corrected chi connectivity index (χ1v) is 6.24. The van der Waals surface area contributed by atoms with Crippen LogP contribution in [0.5, 0.6) is 0 Å². The molecule has 0 aliphatic heterocycles. The first-order valence-electron chi connectivity index (χ1n) is 5.86. The third kappa shape index (κ3) is 3.70. The standard InChI is InChI=1S/C13H15ClFNO/c14-11-3-1-2-10(13(11)15)8-16-12(17)7-6-9-4-5-9/h1-3,9H,4-8H2,(H,16,17). The highest BCUT2D eigenvalue weighted by Gasteiger charge is 2.21. The monoisotopic (exact) mass is 255 g/mol. The molecule has 92 valence electrons. The molecule has 0 atom stereocenters. The van der Waals surface area contributed by atoms with Gasteiger partial charge in [-0.05, 0) is 18.4 Å². The van der Waals surface area contributed by atoms with Gasteiger partial charge in [0.2, 0.25) is 5.91 Å². The average Bonchev–Trinajstić information content (AvgIpc) is 3.12. The molecule has 1 saturated carbocycles. The highest BCUT2D eigenvalue weighted by atomic mass is 35.5. The summed E-state index contributed by atoms with van der Waals surface area (Å²) in [5.74, 6) is 0.275. The molecular weight excluding hydrogens is 241 g/mol. The van der Waals surface area contributed by atoms with Crippen LogP contribution >= 0.6 is 11.6 Å². The quantitative estimate of drug-likeness (QED) is 0.860. The van der Waals surface area contributed by atoms with Gasteiger partial charge in [0.1, 0.15) is 5.82 Å². The SMILES string of the molecule is O=C(CCC1CC1)NCc1cccc(Cl)c1F. The summed E-state index contributed by atoms with van der Waals surface area (Å²) in [7, 11) is 0. The Morgan fingerprint density at radius 2 is 2.24 bits per heavy atom. The number of hydrogen-bond acceptors (Lipinski definition) is 1. The van der Waals surface area contributed by atoms with Crippen molar-refractivity contribution in [3.63, 3.8) is 0 Å². The van der Waals surface area contributed by atoms with Gasteiger partial charge in [0.25, 0.3) is 0 Å². The summed E-state index contributed by atoms with van der Waals surface area (Å²) >= 11 is 5.65. The molecule has 0 saturated heterocycles. The van der Waals surface area contributed by atoms with Crippen molar-refractivity contribution in [2.45, 2.75) is 32.2 Å². The molecule has 0 spiro atoms. The molecule has 0 unspecified atom stereocenters. The van der Waals surface area contributed by atoms with Crippen LogP contribution in [0.15, 0.2) is 18.2 Å². The zero-order valence-corrected chi connectivity index (χ0v) is 10.3. The van der Waals surface area contributed by atoms with Crippen molar-refractivity contribution in [1.29, 1.82) is 0 Å². The Labute approximate surface area is 105 Å². The predicted molar refractivity (Wildman–Crippen MR) is 65.2 cm³/mol. The largest absolute Gasteiger partial charge is 0.352 e. The van der Waals surface area contributed by atoms with E-state index in [1.54, 1.807) is 12.1 Å². The molecule has 1 aromatic carbocycles. The van der Waals surface area contributed by atoms with Crippen molar-refractivity contribution in [1.82, 2.24) is 5.32 Å². The van der Waals surface area contributed by atoms with Gasteiger partial charge >= 0.3 is 0 Å².